The van der Waals surface area contributed by atoms with Gasteiger partial charge in [0.1, 0.15) is 12.4 Å². The van der Waals surface area contributed by atoms with E-state index in [1.54, 1.807) is 0 Å². The van der Waals surface area contributed by atoms with Crippen LogP contribution in [-0.4, -0.2) is 44.7 Å². The Morgan fingerprint density at radius 2 is 2.04 bits per heavy atom. The highest BCUT2D eigenvalue weighted by atomic mass is 127. The van der Waals surface area contributed by atoms with Gasteiger partial charge in [-0.1, -0.05) is 38.3 Å². The third-order valence-electron chi connectivity index (χ3n) is 3.47. The molecule has 0 spiro atoms. The largest absolute Gasteiger partial charge is 0.492 e. The highest BCUT2D eigenvalue weighted by molar-refractivity contribution is 14.0. The second kappa shape index (κ2) is 14.3. The normalized spacial score (nSPS) is 11.2. The molecule has 0 fully saturated rings. The molecule has 24 heavy (non-hydrogen) atoms. The number of nitrogens with two attached hydrogens (primary N) is 1. The first-order chi connectivity index (χ1) is 11.1. The van der Waals surface area contributed by atoms with Crippen molar-refractivity contribution in [3.8, 4) is 5.75 Å². The number of nitrogens with zero attached hydrogens (tertiary/aromatic N) is 2. The number of rotatable bonds is 11. The monoisotopic (exact) mass is 448 g/mol. The fraction of sp³-hybridized carbons (Fsp3) is 0.611. The van der Waals surface area contributed by atoms with E-state index in [0.29, 0.717) is 19.1 Å². The van der Waals surface area contributed by atoms with Crippen molar-refractivity contribution in [2.45, 2.75) is 39.2 Å². The zero-order valence-corrected chi connectivity index (χ0v) is 17.6. The minimum Gasteiger partial charge on any atom is -0.492 e. The van der Waals surface area contributed by atoms with Crippen LogP contribution in [0.4, 0.5) is 0 Å². The standard InChI is InChI=1S/C18H32N4O.HI/c1-4-5-6-7-11-20-18(19)21-15-16-9-8-10-17(14-16)23-13-12-22(2)3;/h8-10,14H,4-7,11-13,15H2,1-3H3,(H3,19,20,21);1H. The summed E-state index contributed by atoms with van der Waals surface area (Å²) in [5, 5.41) is 3.16. The molecule has 0 atom stereocenters. The van der Waals surface area contributed by atoms with E-state index in [-0.39, 0.29) is 24.0 Å². The molecule has 0 aromatic heterocycles. The zero-order chi connectivity index (χ0) is 16.9. The van der Waals surface area contributed by atoms with E-state index < -0.39 is 0 Å². The lowest BCUT2D eigenvalue weighted by atomic mass is 10.2. The van der Waals surface area contributed by atoms with E-state index in [0.717, 1.165) is 30.8 Å². The number of hydrogen-bond acceptors (Lipinski definition) is 3. The summed E-state index contributed by atoms with van der Waals surface area (Å²) in [6.45, 7) is 5.25. The summed E-state index contributed by atoms with van der Waals surface area (Å²) in [6, 6.07) is 8.02. The lowest BCUT2D eigenvalue weighted by Gasteiger charge is -2.11. The number of benzene rings is 1. The summed E-state index contributed by atoms with van der Waals surface area (Å²) >= 11 is 0. The maximum Gasteiger partial charge on any atom is 0.188 e. The molecular weight excluding hydrogens is 415 g/mol. The van der Waals surface area contributed by atoms with Crippen LogP contribution in [-0.2, 0) is 6.54 Å². The molecule has 0 radical (unpaired) electrons. The summed E-state index contributed by atoms with van der Waals surface area (Å²) in [6.07, 6.45) is 4.90. The van der Waals surface area contributed by atoms with Gasteiger partial charge in [0.05, 0.1) is 6.54 Å². The van der Waals surface area contributed by atoms with Crippen LogP contribution >= 0.6 is 24.0 Å². The van der Waals surface area contributed by atoms with E-state index >= 15 is 0 Å². The first-order valence-corrected chi connectivity index (χ1v) is 8.52. The molecule has 1 aromatic rings. The van der Waals surface area contributed by atoms with Crippen molar-refractivity contribution in [2.24, 2.45) is 10.7 Å². The lowest BCUT2D eigenvalue weighted by Crippen LogP contribution is -2.32. The molecule has 0 saturated carbocycles. The number of nitrogens with one attached hydrogen (secondary N) is 1. The van der Waals surface area contributed by atoms with E-state index in [1.807, 2.05) is 38.4 Å². The Labute approximate surface area is 164 Å². The van der Waals surface area contributed by atoms with Gasteiger partial charge in [0.25, 0.3) is 0 Å². The van der Waals surface area contributed by atoms with Crippen molar-refractivity contribution in [3.05, 3.63) is 29.8 Å². The molecule has 1 rings (SSSR count). The van der Waals surface area contributed by atoms with Gasteiger partial charge in [-0.25, -0.2) is 4.99 Å². The van der Waals surface area contributed by atoms with E-state index in [1.165, 1.54) is 19.3 Å². The van der Waals surface area contributed by atoms with Gasteiger partial charge in [0.2, 0.25) is 0 Å². The van der Waals surface area contributed by atoms with Gasteiger partial charge in [0, 0.05) is 13.1 Å². The first kappa shape index (κ1) is 23.0. The van der Waals surface area contributed by atoms with Gasteiger partial charge in [-0.15, -0.1) is 24.0 Å². The van der Waals surface area contributed by atoms with E-state index in [9.17, 15) is 0 Å². The van der Waals surface area contributed by atoms with Crippen LogP contribution in [0.25, 0.3) is 0 Å². The number of halogens is 1. The SMILES string of the molecule is CCCCCCNC(N)=NCc1cccc(OCCN(C)C)c1.I. The Hall–Kier alpha value is -1.02. The van der Waals surface area contributed by atoms with Crippen molar-refractivity contribution in [3.63, 3.8) is 0 Å². The van der Waals surface area contributed by atoms with Gasteiger partial charge < -0.3 is 20.7 Å². The minimum atomic E-state index is 0. The molecule has 0 saturated heterocycles. The van der Waals surface area contributed by atoms with Crippen molar-refractivity contribution < 1.29 is 4.74 Å². The quantitative estimate of drug-likeness (QED) is 0.236. The summed E-state index contributed by atoms with van der Waals surface area (Å²) in [4.78, 5) is 6.48. The first-order valence-electron chi connectivity index (χ1n) is 8.52. The van der Waals surface area contributed by atoms with E-state index in [2.05, 4.69) is 22.1 Å². The summed E-state index contributed by atoms with van der Waals surface area (Å²) in [5.41, 5.74) is 6.99. The minimum absolute atomic E-state index is 0. The molecule has 5 nitrogen and oxygen atoms in total. The third-order valence-corrected chi connectivity index (χ3v) is 3.47. The molecule has 0 aliphatic heterocycles. The molecule has 3 N–H and O–H groups in total. The second-order valence-electron chi connectivity index (χ2n) is 5.99. The summed E-state index contributed by atoms with van der Waals surface area (Å²) in [5.74, 6) is 1.39. The van der Waals surface area contributed by atoms with Crippen LogP contribution in [0.15, 0.2) is 29.3 Å². The van der Waals surface area contributed by atoms with Crippen LogP contribution in [0.3, 0.4) is 0 Å². The molecule has 0 heterocycles. The van der Waals surface area contributed by atoms with Crippen LogP contribution in [0.2, 0.25) is 0 Å². The van der Waals surface area contributed by atoms with Crippen molar-refractivity contribution in [2.75, 3.05) is 33.8 Å². The van der Waals surface area contributed by atoms with Crippen LogP contribution < -0.4 is 15.8 Å². The molecular formula is C18H33IN4O. The Bertz CT molecular complexity index is 466. The van der Waals surface area contributed by atoms with Crippen molar-refractivity contribution in [1.29, 1.82) is 0 Å². The fourth-order valence-electron chi connectivity index (χ4n) is 2.08. The molecule has 0 aliphatic carbocycles. The Balaban J connectivity index is 0.00000529. The van der Waals surface area contributed by atoms with Crippen molar-refractivity contribution >= 4 is 29.9 Å². The summed E-state index contributed by atoms with van der Waals surface area (Å²) < 4.78 is 5.73. The number of hydrogen-bond donors (Lipinski definition) is 2. The van der Waals surface area contributed by atoms with E-state index in [4.69, 9.17) is 10.5 Å². The average Bonchev–Trinajstić information content (AvgIpc) is 2.53. The lowest BCUT2D eigenvalue weighted by molar-refractivity contribution is 0.261. The Kier molecular flexibility index (Phi) is 13.7. The number of guanidine groups is 1. The molecule has 0 bridgehead atoms. The molecule has 0 unspecified atom stereocenters. The number of ether oxygens (including phenoxy) is 1. The van der Waals surface area contributed by atoms with Gasteiger partial charge >= 0.3 is 0 Å². The maximum absolute atomic E-state index is 5.89. The van der Waals surface area contributed by atoms with Crippen LogP contribution in [0, 0.1) is 0 Å². The van der Waals surface area contributed by atoms with Crippen LogP contribution in [0.1, 0.15) is 38.2 Å². The molecule has 1 aromatic carbocycles. The van der Waals surface area contributed by atoms with Gasteiger partial charge in [-0.2, -0.15) is 0 Å². The highest BCUT2D eigenvalue weighted by Gasteiger charge is 1.98. The third kappa shape index (κ3) is 11.5. The maximum atomic E-state index is 5.89. The molecule has 0 aliphatic rings. The number of unbranched alkanes of at least 4 members (excludes halogenated alkanes) is 3. The van der Waals surface area contributed by atoms with Crippen LogP contribution in [0.5, 0.6) is 5.75 Å². The van der Waals surface area contributed by atoms with Gasteiger partial charge in [-0.05, 0) is 38.2 Å². The van der Waals surface area contributed by atoms with Crippen molar-refractivity contribution in [1.82, 2.24) is 10.2 Å². The fourth-order valence-corrected chi connectivity index (χ4v) is 2.08. The number of likely N-dealkylation sites (N-methyl/N-ethyl adjacent to an activating group) is 1. The topological polar surface area (TPSA) is 62.9 Å². The second-order valence-corrected chi connectivity index (χ2v) is 5.99. The summed E-state index contributed by atoms with van der Waals surface area (Å²) in [7, 11) is 4.07. The highest BCUT2D eigenvalue weighted by Crippen LogP contribution is 2.14. The van der Waals surface area contributed by atoms with Gasteiger partial charge in [0.15, 0.2) is 5.96 Å². The molecule has 138 valence electrons. The predicted octanol–water partition coefficient (Wildman–Crippen LogP) is 3.23. The Morgan fingerprint density at radius 3 is 2.75 bits per heavy atom. The Morgan fingerprint density at radius 1 is 1.25 bits per heavy atom. The number of aliphatic imine (C=N–C) groups is 1. The van der Waals surface area contributed by atoms with Gasteiger partial charge in [-0.3, -0.25) is 0 Å². The smallest absolute Gasteiger partial charge is 0.188 e. The zero-order valence-electron chi connectivity index (χ0n) is 15.3. The predicted molar refractivity (Wildman–Crippen MR) is 113 cm³/mol. The molecule has 0 amide bonds. The molecule has 6 heteroatoms. The average molecular weight is 448 g/mol.